The van der Waals surface area contributed by atoms with Gasteiger partial charge in [-0.1, -0.05) is 60.4 Å². The van der Waals surface area contributed by atoms with E-state index in [1.54, 1.807) is 0 Å². The number of benzene rings is 1. The number of amides is 2. The van der Waals surface area contributed by atoms with Crippen molar-refractivity contribution in [3.63, 3.8) is 0 Å². The number of thiocarbonyl (C=S) groups is 1. The number of thioether (sulfide) groups is 1. The second kappa shape index (κ2) is 8.64. The summed E-state index contributed by atoms with van der Waals surface area (Å²) in [6.07, 6.45) is 7.10. The topological polar surface area (TPSA) is 40.6 Å². The van der Waals surface area contributed by atoms with Crippen molar-refractivity contribution in [2.75, 3.05) is 19.6 Å². The molecule has 1 aromatic rings. The minimum absolute atomic E-state index is 0.0150. The van der Waals surface area contributed by atoms with Crippen LogP contribution in [0.2, 0.25) is 0 Å². The molecule has 3 rings (SSSR count). The van der Waals surface area contributed by atoms with Crippen LogP contribution in [-0.4, -0.2) is 45.6 Å². The summed E-state index contributed by atoms with van der Waals surface area (Å²) in [5, 5.41) is 0. The first-order valence-electron chi connectivity index (χ1n) is 8.81. The Hall–Kier alpha value is -1.92. The molecule has 2 fully saturated rings. The smallest absolute Gasteiger partial charge is 0.266 e. The average molecular weight is 387 g/mol. The molecular weight excluding hydrogens is 364 g/mol. The lowest BCUT2D eigenvalue weighted by atomic mass is 10.1. The molecule has 0 radical (unpaired) electrons. The Morgan fingerprint density at radius 1 is 1.19 bits per heavy atom. The van der Waals surface area contributed by atoms with Crippen LogP contribution in [0.25, 0.3) is 6.08 Å². The van der Waals surface area contributed by atoms with Gasteiger partial charge in [0, 0.05) is 13.1 Å². The number of hydrogen-bond acceptors (Lipinski definition) is 4. The Morgan fingerprint density at radius 3 is 2.58 bits per heavy atom. The van der Waals surface area contributed by atoms with Gasteiger partial charge < -0.3 is 4.90 Å². The van der Waals surface area contributed by atoms with Crippen molar-refractivity contribution in [1.29, 1.82) is 0 Å². The van der Waals surface area contributed by atoms with Gasteiger partial charge in [-0.15, -0.1) is 0 Å². The first-order valence-corrected chi connectivity index (χ1v) is 10.0. The van der Waals surface area contributed by atoms with Crippen molar-refractivity contribution in [2.45, 2.75) is 26.2 Å². The van der Waals surface area contributed by atoms with Crippen LogP contribution >= 0.6 is 24.0 Å². The van der Waals surface area contributed by atoms with Crippen LogP contribution in [0.5, 0.6) is 0 Å². The quantitative estimate of drug-likeness (QED) is 0.582. The van der Waals surface area contributed by atoms with Gasteiger partial charge in [0.25, 0.3) is 5.91 Å². The normalized spacial score (nSPS) is 20.2. The second-order valence-corrected chi connectivity index (χ2v) is 8.18. The SMILES string of the molecule is CC(=Cc1ccccc1)C=C1SC(=S)N(CC(=O)N2CCCCC2)C1=O. The number of hydrogen-bond donors (Lipinski definition) is 0. The fourth-order valence-electron chi connectivity index (χ4n) is 3.08. The van der Waals surface area contributed by atoms with E-state index in [0.717, 1.165) is 37.1 Å². The van der Waals surface area contributed by atoms with Gasteiger partial charge in [-0.05, 0) is 43.4 Å². The Balaban J connectivity index is 1.68. The minimum atomic E-state index is -0.175. The summed E-state index contributed by atoms with van der Waals surface area (Å²) < 4.78 is 0.458. The Bertz CT molecular complexity index is 765. The number of nitrogens with zero attached hydrogens (tertiary/aromatic N) is 2. The van der Waals surface area contributed by atoms with Crippen molar-refractivity contribution in [1.82, 2.24) is 9.80 Å². The molecule has 2 aliphatic rings. The van der Waals surface area contributed by atoms with E-state index in [1.807, 2.05) is 54.3 Å². The van der Waals surface area contributed by atoms with Crippen LogP contribution in [0, 0.1) is 0 Å². The molecule has 2 saturated heterocycles. The molecule has 2 aliphatic heterocycles. The predicted octanol–water partition coefficient (Wildman–Crippen LogP) is 3.85. The zero-order chi connectivity index (χ0) is 18.5. The highest BCUT2D eigenvalue weighted by molar-refractivity contribution is 8.26. The van der Waals surface area contributed by atoms with Crippen molar-refractivity contribution < 1.29 is 9.59 Å². The fourth-order valence-corrected chi connectivity index (χ4v) is 4.38. The first kappa shape index (κ1) is 18.9. The third-order valence-electron chi connectivity index (χ3n) is 4.43. The zero-order valence-electron chi connectivity index (χ0n) is 14.8. The van der Waals surface area contributed by atoms with E-state index >= 15 is 0 Å². The molecule has 1 aromatic carbocycles. The van der Waals surface area contributed by atoms with Gasteiger partial charge in [-0.2, -0.15) is 0 Å². The van der Waals surface area contributed by atoms with Crippen LogP contribution in [0.1, 0.15) is 31.7 Å². The largest absolute Gasteiger partial charge is 0.341 e. The summed E-state index contributed by atoms with van der Waals surface area (Å²) in [5.41, 5.74) is 2.05. The number of carbonyl (C=O) groups excluding carboxylic acids is 2. The van der Waals surface area contributed by atoms with Crippen molar-refractivity contribution in [3.8, 4) is 0 Å². The number of carbonyl (C=O) groups is 2. The molecule has 0 aliphatic carbocycles. The van der Waals surface area contributed by atoms with E-state index in [9.17, 15) is 9.59 Å². The standard InChI is InChI=1S/C20H22N2O2S2/c1-15(12-16-8-4-2-5-9-16)13-17-19(24)22(20(25)26-17)14-18(23)21-10-6-3-7-11-21/h2,4-5,8-9,12-13H,3,6-7,10-11,14H2,1H3. The van der Waals surface area contributed by atoms with Gasteiger partial charge >= 0.3 is 0 Å². The van der Waals surface area contributed by atoms with Crippen LogP contribution in [0.4, 0.5) is 0 Å². The molecule has 4 nitrogen and oxygen atoms in total. The highest BCUT2D eigenvalue weighted by Gasteiger charge is 2.34. The van der Waals surface area contributed by atoms with Gasteiger partial charge in [-0.3, -0.25) is 14.5 Å². The summed E-state index contributed by atoms with van der Waals surface area (Å²) in [6, 6.07) is 9.95. The maximum Gasteiger partial charge on any atom is 0.266 e. The molecule has 0 saturated carbocycles. The first-order chi connectivity index (χ1) is 12.5. The molecule has 0 N–H and O–H groups in total. The fraction of sp³-hybridized carbons (Fsp3) is 0.350. The lowest BCUT2D eigenvalue weighted by Crippen LogP contribution is -2.44. The summed E-state index contributed by atoms with van der Waals surface area (Å²) in [7, 11) is 0. The number of rotatable bonds is 4. The number of likely N-dealkylation sites (tertiary alicyclic amines) is 1. The molecule has 0 spiro atoms. The predicted molar refractivity (Wildman–Crippen MR) is 111 cm³/mol. The summed E-state index contributed by atoms with van der Waals surface area (Å²) in [6.45, 7) is 3.56. The molecule has 0 unspecified atom stereocenters. The lowest BCUT2D eigenvalue weighted by Gasteiger charge is -2.28. The van der Waals surface area contributed by atoms with Crippen molar-refractivity contribution in [3.05, 3.63) is 52.4 Å². The summed E-state index contributed by atoms with van der Waals surface area (Å²) in [5.74, 6) is -0.190. The lowest BCUT2D eigenvalue weighted by molar-refractivity contribution is -0.136. The third-order valence-corrected chi connectivity index (χ3v) is 5.81. The molecular formula is C20H22N2O2S2. The van der Waals surface area contributed by atoms with Crippen molar-refractivity contribution >= 4 is 46.2 Å². The third kappa shape index (κ3) is 4.62. The van der Waals surface area contributed by atoms with Gasteiger partial charge in [0.15, 0.2) is 0 Å². The van der Waals surface area contributed by atoms with E-state index in [1.165, 1.54) is 23.1 Å². The Labute approximate surface area is 163 Å². The van der Waals surface area contributed by atoms with Crippen LogP contribution in [0.15, 0.2) is 46.9 Å². The van der Waals surface area contributed by atoms with Gasteiger partial charge in [0.2, 0.25) is 5.91 Å². The zero-order valence-corrected chi connectivity index (χ0v) is 16.4. The summed E-state index contributed by atoms with van der Waals surface area (Å²) in [4.78, 5) is 29.0. The Morgan fingerprint density at radius 2 is 1.88 bits per heavy atom. The Kier molecular flexibility index (Phi) is 6.27. The van der Waals surface area contributed by atoms with E-state index in [2.05, 4.69) is 0 Å². The average Bonchev–Trinajstić information content (AvgIpc) is 2.90. The van der Waals surface area contributed by atoms with Gasteiger partial charge in [0.1, 0.15) is 10.9 Å². The molecule has 0 bridgehead atoms. The molecule has 2 amide bonds. The van der Waals surface area contributed by atoms with E-state index in [-0.39, 0.29) is 18.4 Å². The number of allylic oxidation sites excluding steroid dienone is 2. The van der Waals surface area contributed by atoms with E-state index in [4.69, 9.17) is 12.2 Å². The van der Waals surface area contributed by atoms with Gasteiger partial charge in [-0.25, -0.2) is 0 Å². The molecule has 6 heteroatoms. The van der Waals surface area contributed by atoms with Crippen LogP contribution in [0.3, 0.4) is 0 Å². The van der Waals surface area contributed by atoms with Gasteiger partial charge in [0.05, 0.1) is 4.91 Å². The van der Waals surface area contributed by atoms with E-state index in [0.29, 0.717) is 9.23 Å². The molecule has 2 heterocycles. The molecule has 136 valence electrons. The highest BCUT2D eigenvalue weighted by Crippen LogP contribution is 2.32. The maximum atomic E-state index is 12.7. The molecule has 0 atom stereocenters. The minimum Gasteiger partial charge on any atom is -0.341 e. The van der Waals surface area contributed by atoms with Crippen LogP contribution < -0.4 is 0 Å². The second-order valence-electron chi connectivity index (χ2n) is 6.51. The maximum absolute atomic E-state index is 12.7. The summed E-state index contributed by atoms with van der Waals surface area (Å²) >= 11 is 6.60. The van der Waals surface area contributed by atoms with E-state index < -0.39 is 0 Å². The number of piperidine rings is 1. The van der Waals surface area contributed by atoms with Crippen molar-refractivity contribution in [2.24, 2.45) is 0 Å². The molecule has 26 heavy (non-hydrogen) atoms. The molecule has 0 aromatic heterocycles. The highest BCUT2D eigenvalue weighted by atomic mass is 32.2. The van der Waals surface area contributed by atoms with Crippen LogP contribution in [-0.2, 0) is 9.59 Å². The monoisotopic (exact) mass is 386 g/mol.